The Hall–Kier alpha value is 0.310. The van der Waals surface area contributed by atoms with Crippen LogP contribution in [0.3, 0.4) is 0 Å². The third kappa shape index (κ3) is 2.63. The fourth-order valence-corrected chi connectivity index (χ4v) is 3.45. The maximum Gasteiger partial charge on any atom is 0.0287 e. The van der Waals surface area contributed by atoms with Gasteiger partial charge in [-0.05, 0) is 36.9 Å². The summed E-state index contributed by atoms with van der Waals surface area (Å²) in [7, 11) is 0. The second-order valence-corrected chi connectivity index (χ2v) is 6.21. The molecule has 2 N–H and O–H groups in total. The Morgan fingerprint density at radius 1 is 1.46 bits per heavy atom. The van der Waals surface area contributed by atoms with Crippen molar-refractivity contribution in [2.24, 2.45) is 17.6 Å². The molecule has 0 bridgehead atoms. The van der Waals surface area contributed by atoms with Crippen molar-refractivity contribution in [2.45, 2.75) is 44.8 Å². The maximum absolute atomic E-state index is 5.85. The molecule has 78 valence electrons. The van der Waals surface area contributed by atoms with Gasteiger partial charge in [-0.1, -0.05) is 20.8 Å². The fraction of sp³-hybridized carbons (Fsp3) is 1.00. The Morgan fingerprint density at radius 2 is 2.08 bits per heavy atom. The second-order valence-electron chi connectivity index (χ2n) is 4.65. The largest absolute Gasteiger partial charge is 0.329 e. The molecule has 13 heavy (non-hydrogen) atoms. The molecule has 0 aromatic heterocycles. The van der Waals surface area contributed by atoms with Crippen molar-refractivity contribution in [1.82, 2.24) is 0 Å². The van der Waals surface area contributed by atoms with Crippen molar-refractivity contribution in [3.05, 3.63) is 0 Å². The number of rotatable bonds is 5. The molecule has 1 nitrogen and oxygen atoms in total. The lowest BCUT2D eigenvalue weighted by molar-refractivity contribution is 0.176. The molecule has 0 aromatic rings. The smallest absolute Gasteiger partial charge is 0.0287 e. The number of hydrogen-bond donors (Lipinski definition) is 1. The quantitative estimate of drug-likeness (QED) is 0.740. The van der Waals surface area contributed by atoms with E-state index in [2.05, 4.69) is 32.5 Å². The number of hydrogen-bond acceptors (Lipinski definition) is 2. The van der Waals surface area contributed by atoms with Gasteiger partial charge in [-0.2, -0.15) is 11.8 Å². The molecule has 0 amide bonds. The van der Waals surface area contributed by atoms with Crippen LogP contribution >= 0.6 is 11.8 Å². The summed E-state index contributed by atoms with van der Waals surface area (Å²) >= 11 is 2.11. The normalized spacial score (nSPS) is 33.5. The van der Waals surface area contributed by atoms with E-state index in [1.54, 1.807) is 0 Å². The summed E-state index contributed by atoms with van der Waals surface area (Å²) < 4.78 is 0.463. The highest BCUT2D eigenvalue weighted by atomic mass is 32.2. The van der Waals surface area contributed by atoms with E-state index in [9.17, 15) is 0 Å². The van der Waals surface area contributed by atoms with Crippen LogP contribution in [-0.2, 0) is 0 Å². The lowest BCUT2D eigenvalue weighted by atomic mass is 9.69. The van der Waals surface area contributed by atoms with E-state index in [1.807, 2.05) is 0 Å². The van der Waals surface area contributed by atoms with Gasteiger partial charge in [-0.3, -0.25) is 0 Å². The Balaban J connectivity index is 2.31. The molecule has 1 rings (SSSR count). The predicted molar refractivity (Wildman–Crippen MR) is 62.1 cm³/mol. The molecule has 0 spiro atoms. The van der Waals surface area contributed by atoms with Gasteiger partial charge in [0.1, 0.15) is 0 Å². The Labute approximate surface area is 86.8 Å². The molecule has 0 radical (unpaired) electrons. The van der Waals surface area contributed by atoms with Crippen LogP contribution in [-0.4, -0.2) is 17.0 Å². The lowest BCUT2D eigenvalue weighted by Crippen LogP contribution is -2.48. The summed E-state index contributed by atoms with van der Waals surface area (Å²) in [4.78, 5) is 0. The summed E-state index contributed by atoms with van der Waals surface area (Å²) in [6.45, 7) is 7.78. The first kappa shape index (κ1) is 11.4. The monoisotopic (exact) mass is 201 g/mol. The van der Waals surface area contributed by atoms with Crippen LogP contribution in [0.5, 0.6) is 0 Å². The summed E-state index contributed by atoms with van der Waals surface area (Å²) in [6, 6.07) is 0. The Morgan fingerprint density at radius 3 is 2.46 bits per heavy atom. The van der Waals surface area contributed by atoms with E-state index in [0.717, 1.165) is 18.4 Å². The van der Waals surface area contributed by atoms with Crippen molar-refractivity contribution < 1.29 is 0 Å². The highest BCUT2D eigenvalue weighted by Gasteiger charge is 2.44. The second kappa shape index (κ2) is 4.70. The zero-order chi connectivity index (χ0) is 9.90. The van der Waals surface area contributed by atoms with Gasteiger partial charge >= 0.3 is 0 Å². The minimum Gasteiger partial charge on any atom is -0.329 e. The number of nitrogens with two attached hydrogens (primary N) is 1. The molecule has 0 unspecified atom stereocenters. The molecule has 1 fully saturated rings. The molecule has 1 saturated carbocycles. The van der Waals surface area contributed by atoms with E-state index >= 15 is 0 Å². The molecule has 2 heteroatoms. The van der Waals surface area contributed by atoms with Crippen molar-refractivity contribution in [1.29, 1.82) is 0 Å². The lowest BCUT2D eigenvalue weighted by Gasteiger charge is -2.48. The Kier molecular flexibility index (Phi) is 4.11. The molecular formula is C11H23NS. The van der Waals surface area contributed by atoms with Crippen LogP contribution in [0, 0.1) is 11.8 Å². The maximum atomic E-state index is 5.85. The van der Waals surface area contributed by atoms with Gasteiger partial charge in [0, 0.05) is 11.3 Å². The minimum atomic E-state index is 0.463. The molecule has 0 aliphatic heterocycles. The average Bonchev–Trinajstić information content (AvgIpc) is 2.03. The molecule has 0 heterocycles. The van der Waals surface area contributed by atoms with Gasteiger partial charge in [0.2, 0.25) is 0 Å². The topological polar surface area (TPSA) is 26.0 Å². The first-order chi connectivity index (χ1) is 6.13. The highest BCUT2D eigenvalue weighted by Crippen LogP contribution is 2.50. The molecule has 0 atom stereocenters. The predicted octanol–water partition coefficient (Wildman–Crippen LogP) is 2.89. The molecule has 1 aliphatic carbocycles. The van der Waals surface area contributed by atoms with Gasteiger partial charge in [-0.25, -0.2) is 0 Å². The minimum absolute atomic E-state index is 0.463. The van der Waals surface area contributed by atoms with Crippen molar-refractivity contribution >= 4 is 11.8 Å². The van der Waals surface area contributed by atoms with Crippen LogP contribution in [0.15, 0.2) is 0 Å². The van der Waals surface area contributed by atoms with Gasteiger partial charge < -0.3 is 5.73 Å². The van der Waals surface area contributed by atoms with Crippen LogP contribution in [0.2, 0.25) is 0 Å². The van der Waals surface area contributed by atoms with Crippen molar-refractivity contribution in [2.75, 3.05) is 12.3 Å². The van der Waals surface area contributed by atoms with Crippen molar-refractivity contribution in [3.63, 3.8) is 0 Å². The molecule has 0 aromatic carbocycles. The highest BCUT2D eigenvalue weighted by molar-refractivity contribution is 8.00. The Bertz CT molecular complexity index is 150. The zero-order valence-corrected chi connectivity index (χ0v) is 9.99. The molecular weight excluding hydrogens is 178 g/mol. The van der Waals surface area contributed by atoms with E-state index < -0.39 is 0 Å². The summed E-state index contributed by atoms with van der Waals surface area (Å²) in [5.74, 6) is 3.07. The van der Waals surface area contributed by atoms with E-state index in [-0.39, 0.29) is 0 Å². The summed E-state index contributed by atoms with van der Waals surface area (Å²) in [5, 5.41) is 0. The summed E-state index contributed by atoms with van der Waals surface area (Å²) in [5.41, 5.74) is 5.85. The molecule has 1 aliphatic rings. The average molecular weight is 201 g/mol. The van der Waals surface area contributed by atoms with Gasteiger partial charge in [0.25, 0.3) is 0 Å². The standard InChI is InChI=1S/C11H23NS/c1-4-5-13-11(8-12)6-10(7-11)9(2)3/h9-10H,4-8,12H2,1-3H3. The first-order valence-electron chi connectivity index (χ1n) is 5.47. The third-order valence-electron chi connectivity index (χ3n) is 3.20. The molecule has 0 saturated heterocycles. The van der Waals surface area contributed by atoms with Gasteiger partial charge in [-0.15, -0.1) is 0 Å². The van der Waals surface area contributed by atoms with Crippen LogP contribution < -0.4 is 5.73 Å². The van der Waals surface area contributed by atoms with Crippen molar-refractivity contribution in [3.8, 4) is 0 Å². The van der Waals surface area contributed by atoms with E-state index in [0.29, 0.717) is 4.75 Å². The SMILES string of the molecule is CCCSC1(CN)CC(C(C)C)C1. The zero-order valence-electron chi connectivity index (χ0n) is 9.18. The van der Waals surface area contributed by atoms with E-state index in [4.69, 9.17) is 5.73 Å². The fourth-order valence-electron chi connectivity index (χ4n) is 2.03. The summed E-state index contributed by atoms with van der Waals surface area (Å²) in [6.07, 6.45) is 3.98. The van der Waals surface area contributed by atoms with Gasteiger partial charge in [0.15, 0.2) is 0 Å². The van der Waals surface area contributed by atoms with Crippen LogP contribution in [0.25, 0.3) is 0 Å². The van der Waals surface area contributed by atoms with E-state index in [1.165, 1.54) is 25.0 Å². The number of thioether (sulfide) groups is 1. The third-order valence-corrected chi connectivity index (χ3v) is 4.92. The van der Waals surface area contributed by atoms with Crippen LogP contribution in [0.4, 0.5) is 0 Å². The first-order valence-corrected chi connectivity index (χ1v) is 6.46. The van der Waals surface area contributed by atoms with Gasteiger partial charge in [0.05, 0.1) is 0 Å². The van der Waals surface area contributed by atoms with Crippen LogP contribution in [0.1, 0.15) is 40.0 Å².